The van der Waals surface area contributed by atoms with E-state index < -0.39 is 0 Å². The molecule has 158 valence electrons. The molecule has 0 atom stereocenters. The zero-order chi connectivity index (χ0) is 21.5. The SMILES string of the molecule is Cc1ccc(-c2nc(C)c(C(=O)N3CCN(C(=O)c4ccc5nc[nH]c5c4)CC3)s2)o1. The third-order valence-corrected chi connectivity index (χ3v) is 6.62. The number of fused-ring (bicyclic) bond motifs is 1. The summed E-state index contributed by atoms with van der Waals surface area (Å²) in [6.07, 6.45) is 1.61. The fraction of sp³-hybridized carbons (Fsp3) is 0.273. The fourth-order valence-electron chi connectivity index (χ4n) is 3.76. The normalized spacial score (nSPS) is 14.4. The number of nitrogens with one attached hydrogen (secondary N) is 1. The first kappa shape index (κ1) is 19.5. The lowest BCUT2D eigenvalue weighted by molar-refractivity contribution is 0.0537. The highest BCUT2D eigenvalue weighted by molar-refractivity contribution is 7.17. The minimum atomic E-state index is -0.0458. The standard InChI is InChI=1S/C22H21N5O3S/c1-13-3-6-18(30-13)20-25-14(2)19(31-20)22(29)27-9-7-26(8-10-27)21(28)15-4-5-16-17(11-15)24-12-23-16/h3-6,11-12H,7-10H2,1-2H3,(H,23,24). The van der Waals surface area contributed by atoms with Gasteiger partial charge in [-0.3, -0.25) is 9.59 Å². The van der Waals surface area contributed by atoms with Crippen LogP contribution in [0.25, 0.3) is 21.8 Å². The van der Waals surface area contributed by atoms with Gasteiger partial charge < -0.3 is 19.2 Å². The van der Waals surface area contributed by atoms with Crippen molar-refractivity contribution < 1.29 is 14.0 Å². The molecule has 1 fully saturated rings. The molecular weight excluding hydrogens is 414 g/mol. The Labute approximate surface area is 182 Å². The molecule has 9 heteroatoms. The van der Waals surface area contributed by atoms with Crippen molar-refractivity contribution in [1.82, 2.24) is 24.8 Å². The molecule has 0 bridgehead atoms. The van der Waals surface area contributed by atoms with Gasteiger partial charge >= 0.3 is 0 Å². The molecule has 1 saturated heterocycles. The van der Waals surface area contributed by atoms with Crippen LogP contribution in [-0.2, 0) is 0 Å². The Kier molecular flexibility index (Phi) is 4.82. The van der Waals surface area contributed by atoms with Crippen molar-refractivity contribution in [2.24, 2.45) is 0 Å². The first-order valence-electron chi connectivity index (χ1n) is 10.1. The van der Waals surface area contributed by atoms with Gasteiger partial charge in [0.05, 0.1) is 23.1 Å². The Morgan fingerprint density at radius 3 is 2.48 bits per heavy atom. The van der Waals surface area contributed by atoms with Crippen molar-refractivity contribution in [1.29, 1.82) is 0 Å². The molecule has 1 aliphatic rings. The van der Waals surface area contributed by atoms with Crippen LogP contribution in [-0.4, -0.2) is 62.7 Å². The lowest BCUT2D eigenvalue weighted by Gasteiger charge is -2.34. The van der Waals surface area contributed by atoms with Gasteiger partial charge in [0.15, 0.2) is 10.8 Å². The molecule has 0 radical (unpaired) electrons. The number of imidazole rings is 1. The largest absolute Gasteiger partial charge is 0.459 e. The second-order valence-corrected chi connectivity index (χ2v) is 8.56. The Hall–Kier alpha value is -3.46. The summed E-state index contributed by atoms with van der Waals surface area (Å²) in [6.45, 7) is 5.69. The Morgan fingerprint density at radius 2 is 1.77 bits per heavy atom. The number of thiazole rings is 1. The molecule has 1 N–H and O–H groups in total. The molecule has 2 amide bonds. The Balaban J connectivity index is 1.26. The van der Waals surface area contributed by atoms with Gasteiger partial charge in [0.1, 0.15) is 10.6 Å². The molecule has 31 heavy (non-hydrogen) atoms. The van der Waals surface area contributed by atoms with Crippen LogP contribution < -0.4 is 0 Å². The zero-order valence-corrected chi connectivity index (χ0v) is 18.0. The highest BCUT2D eigenvalue weighted by Gasteiger charge is 2.28. The molecule has 1 aromatic carbocycles. The number of amides is 2. The second-order valence-electron chi connectivity index (χ2n) is 7.56. The van der Waals surface area contributed by atoms with Gasteiger partial charge in [-0.1, -0.05) is 0 Å². The van der Waals surface area contributed by atoms with Crippen LogP contribution >= 0.6 is 11.3 Å². The summed E-state index contributed by atoms with van der Waals surface area (Å²) in [5.41, 5.74) is 2.98. The second kappa shape index (κ2) is 7.66. The van der Waals surface area contributed by atoms with Gasteiger partial charge in [-0.2, -0.15) is 0 Å². The average Bonchev–Trinajstić information content (AvgIpc) is 3.52. The first-order chi connectivity index (χ1) is 15.0. The van der Waals surface area contributed by atoms with E-state index in [-0.39, 0.29) is 11.8 Å². The zero-order valence-electron chi connectivity index (χ0n) is 17.2. The van der Waals surface area contributed by atoms with E-state index in [2.05, 4.69) is 15.0 Å². The molecule has 4 heterocycles. The third-order valence-electron chi connectivity index (χ3n) is 5.46. The quantitative estimate of drug-likeness (QED) is 0.531. The van der Waals surface area contributed by atoms with Crippen molar-refractivity contribution >= 4 is 34.2 Å². The fourth-order valence-corrected chi connectivity index (χ4v) is 4.75. The summed E-state index contributed by atoms with van der Waals surface area (Å²) in [5.74, 6) is 1.40. The number of carbonyl (C=O) groups excluding carboxylic acids is 2. The molecule has 0 aliphatic carbocycles. The van der Waals surface area contributed by atoms with Gasteiger partial charge in [0, 0.05) is 31.7 Å². The van der Waals surface area contributed by atoms with Crippen molar-refractivity contribution in [2.75, 3.05) is 26.2 Å². The van der Waals surface area contributed by atoms with Crippen LogP contribution in [0.5, 0.6) is 0 Å². The minimum absolute atomic E-state index is 0.0342. The maximum Gasteiger partial charge on any atom is 0.265 e. The Bertz CT molecular complexity index is 1280. The van der Waals surface area contributed by atoms with Gasteiger partial charge in [0.2, 0.25) is 0 Å². The van der Waals surface area contributed by atoms with Gasteiger partial charge in [0.25, 0.3) is 11.8 Å². The highest BCUT2D eigenvalue weighted by atomic mass is 32.1. The number of benzene rings is 1. The van der Waals surface area contributed by atoms with Crippen molar-refractivity contribution in [2.45, 2.75) is 13.8 Å². The van der Waals surface area contributed by atoms with Gasteiger partial charge in [-0.15, -0.1) is 11.3 Å². The predicted molar refractivity (Wildman–Crippen MR) is 117 cm³/mol. The Morgan fingerprint density at radius 1 is 1.03 bits per heavy atom. The van der Waals surface area contributed by atoms with Gasteiger partial charge in [-0.05, 0) is 44.2 Å². The molecule has 5 rings (SSSR count). The van der Waals surface area contributed by atoms with E-state index in [1.54, 1.807) is 22.2 Å². The molecule has 1 aliphatic heterocycles. The topological polar surface area (TPSA) is 95.3 Å². The molecule has 0 spiro atoms. The van der Waals surface area contributed by atoms with E-state index in [4.69, 9.17) is 4.42 Å². The smallest absolute Gasteiger partial charge is 0.265 e. The maximum atomic E-state index is 13.1. The van der Waals surface area contributed by atoms with Crippen molar-refractivity contribution in [3.63, 3.8) is 0 Å². The lowest BCUT2D eigenvalue weighted by atomic mass is 10.1. The van der Waals surface area contributed by atoms with E-state index in [1.807, 2.05) is 38.1 Å². The molecular formula is C22H21N5O3S. The van der Waals surface area contributed by atoms with Crippen LogP contribution in [0, 0.1) is 13.8 Å². The molecule has 3 aromatic heterocycles. The molecule has 0 unspecified atom stereocenters. The number of piperazine rings is 1. The third kappa shape index (κ3) is 3.61. The van der Waals surface area contributed by atoms with Crippen molar-refractivity contribution in [3.8, 4) is 10.8 Å². The number of furan rings is 1. The molecule has 8 nitrogen and oxygen atoms in total. The summed E-state index contributed by atoms with van der Waals surface area (Å²) in [6, 6.07) is 9.20. The number of aromatic amines is 1. The van der Waals surface area contributed by atoms with E-state index in [0.717, 1.165) is 16.8 Å². The van der Waals surface area contributed by atoms with Crippen LogP contribution in [0.15, 0.2) is 41.1 Å². The minimum Gasteiger partial charge on any atom is -0.459 e. The van der Waals surface area contributed by atoms with Crippen molar-refractivity contribution in [3.05, 3.63) is 58.6 Å². The average molecular weight is 436 g/mol. The van der Waals surface area contributed by atoms with E-state index >= 15 is 0 Å². The number of aromatic nitrogens is 3. The van der Waals surface area contributed by atoms with Crippen LogP contribution in [0.3, 0.4) is 0 Å². The van der Waals surface area contributed by atoms with Crippen LogP contribution in [0.4, 0.5) is 0 Å². The summed E-state index contributed by atoms with van der Waals surface area (Å²) in [7, 11) is 0. The first-order valence-corrected chi connectivity index (χ1v) is 10.9. The summed E-state index contributed by atoms with van der Waals surface area (Å²) in [4.78, 5) is 41.9. The van der Waals surface area contributed by atoms with E-state index in [1.165, 1.54) is 11.3 Å². The maximum absolute atomic E-state index is 13.1. The van der Waals surface area contributed by atoms with Crippen LogP contribution in [0.2, 0.25) is 0 Å². The number of carbonyl (C=O) groups is 2. The molecule has 0 saturated carbocycles. The van der Waals surface area contributed by atoms with Gasteiger partial charge in [-0.25, -0.2) is 9.97 Å². The predicted octanol–water partition coefficient (Wildman–Crippen LogP) is 3.49. The number of rotatable bonds is 3. The monoisotopic (exact) mass is 435 g/mol. The highest BCUT2D eigenvalue weighted by Crippen LogP contribution is 2.30. The number of aryl methyl sites for hydroxylation is 2. The van der Waals surface area contributed by atoms with Crippen LogP contribution in [0.1, 0.15) is 31.5 Å². The number of hydrogen-bond donors (Lipinski definition) is 1. The number of hydrogen-bond acceptors (Lipinski definition) is 6. The summed E-state index contributed by atoms with van der Waals surface area (Å²) < 4.78 is 5.64. The number of H-pyrrole nitrogens is 1. The number of nitrogens with zero attached hydrogens (tertiary/aromatic N) is 4. The van der Waals surface area contributed by atoms with E-state index in [9.17, 15) is 9.59 Å². The summed E-state index contributed by atoms with van der Waals surface area (Å²) in [5, 5.41) is 0.706. The van der Waals surface area contributed by atoms with E-state index in [0.29, 0.717) is 53.1 Å². The lowest BCUT2D eigenvalue weighted by Crippen LogP contribution is -2.50. The molecule has 4 aromatic rings. The summed E-state index contributed by atoms with van der Waals surface area (Å²) >= 11 is 1.35.